The summed E-state index contributed by atoms with van der Waals surface area (Å²) >= 11 is 6.42. The van der Waals surface area contributed by atoms with E-state index < -0.39 is 5.41 Å². The number of hydrogen-bond acceptors (Lipinski definition) is 1. The van der Waals surface area contributed by atoms with Crippen LogP contribution in [-0.2, 0) is 10.2 Å². The summed E-state index contributed by atoms with van der Waals surface area (Å²) in [5.41, 5.74) is 0.545. The Morgan fingerprint density at radius 2 is 1.80 bits per heavy atom. The first-order valence-electron chi connectivity index (χ1n) is 7.41. The van der Waals surface area contributed by atoms with Crippen molar-refractivity contribution in [3.05, 3.63) is 35.9 Å². The van der Waals surface area contributed by atoms with Crippen molar-refractivity contribution in [2.24, 2.45) is 0 Å². The summed E-state index contributed by atoms with van der Waals surface area (Å²) in [6.45, 7) is 3.99. The maximum absolute atomic E-state index is 12.9. The molecule has 1 aromatic carbocycles. The van der Waals surface area contributed by atoms with Gasteiger partial charge in [0.05, 0.1) is 10.8 Å². The minimum absolute atomic E-state index is 0.0873. The summed E-state index contributed by atoms with van der Waals surface area (Å²) in [6, 6.07) is 10.1. The number of carbonyl (C=O) groups excluding carboxylic acids is 1. The van der Waals surface area contributed by atoms with Crippen LogP contribution in [0, 0.1) is 0 Å². The van der Waals surface area contributed by atoms with Gasteiger partial charge in [0, 0.05) is 13.1 Å². The normalized spacial score (nSPS) is 23.4. The molecule has 3 heteroatoms. The molecule has 0 heterocycles. The van der Waals surface area contributed by atoms with Gasteiger partial charge in [-0.05, 0) is 32.3 Å². The first kappa shape index (κ1) is 15.4. The van der Waals surface area contributed by atoms with E-state index in [9.17, 15) is 4.79 Å². The van der Waals surface area contributed by atoms with Crippen LogP contribution in [-0.4, -0.2) is 29.3 Å². The fourth-order valence-corrected chi connectivity index (χ4v) is 3.52. The van der Waals surface area contributed by atoms with Gasteiger partial charge >= 0.3 is 0 Å². The Hall–Kier alpha value is -1.02. The Bertz CT molecular complexity index is 457. The average Bonchev–Trinajstić information content (AvgIpc) is 2.47. The van der Waals surface area contributed by atoms with Gasteiger partial charge in [-0.2, -0.15) is 0 Å². The second kappa shape index (κ2) is 6.17. The van der Waals surface area contributed by atoms with E-state index in [2.05, 4.69) is 0 Å². The van der Waals surface area contributed by atoms with Crippen LogP contribution in [0.2, 0.25) is 0 Å². The number of carbonyl (C=O) groups is 1. The Balaban J connectivity index is 2.17. The summed E-state index contributed by atoms with van der Waals surface area (Å²) in [5.74, 6) is 0.154. The van der Waals surface area contributed by atoms with Crippen molar-refractivity contribution in [2.45, 2.75) is 56.4 Å². The highest BCUT2D eigenvalue weighted by atomic mass is 35.5. The zero-order chi connectivity index (χ0) is 14.8. The minimum Gasteiger partial charge on any atom is -0.341 e. The standard InChI is InChI=1S/C17H24ClNO/c1-17(2,13-9-5-4-6-10-13)16(20)19(3)15-12-8-7-11-14(15)18/h4-6,9-10,14-15H,7-8,11-12H2,1-3H3. The maximum Gasteiger partial charge on any atom is 0.232 e. The van der Waals surface area contributed by atoms with E-state index in [4.69, 9.17) is 11.6 Å². The summed E-state index contributed by atoms with van der Waals surface area (Å²) in [4.78, 5) is 14.8. The highest BCUT2D eigenvalue weighted by molar-refractivity contribution is 6.21. The second-order valence-electron chi connectivity index (χ2n) is 6.27. The van der Waals surface area contributed by atoms with Crippen molar-refractivity contribution in [1.29, 1.82) is 0 Å². The summed E-state index contributed by atoms with van der Waals surface area (Å²) < 4.78 is 0. The third-order valence-electron chi connectivity index (χ3n) is 4.50. The van der Waals surface area contributed by atoms with Gasteiger partial charge in [0.2, 0.25) is 5.91 Å². The van der Waals surface area contributed by atoms with Crippen LogP contribution < -0.4 is 0 Å². The van der Waals surface area contributed by atoms with Crippen LogP contribution in [0.3, 0.4) is 0 Å². The fourth-order valence-electron chi connectivity index (χ4n) is 3.07. The molecule has 2 unspecified atom stereocenters. The number of benzene rings is 1. The molecule has 1 amide bonds. The zero-order valence-corrected chi connectivity index (χ0v) is 13.4. The molecule has 0 bridgehead atoms. The topological polar surface area (TPSA) is 20.3 Å². The van der Waals surface area contributed by atoms with Crippen LogP contribution in [0.4, 0.5) is 0 Å². The Labute approximate surface area is 127 Å². The molecule has 0 aromatic heterocycles. The number of likely N-dealkylation sites (N-methyl/N-ethyl adjacent to an activating group) is 1. The van der Waals surface area contributed by atoms with Crippen LogP contribution in [0.15, 0.2) is 30.3 Å². The van der Waals surface area contributed by atoms with Gasteiger partial charge in [-0.3, -0.25) is 4.79 Å². The van der Waals surface area contributed by atoms with Crippen LogP contribution in [0.25, 0.3) is 0 Å². The third-order valence-corrected chi connectivity index (χ3v) is 5.00. The monoisotopic (exact) mass is 293 g/mol. The Morgan fingerprint density at radius 1 is 1.20 bits per heavy atom. The van der Waals surface area contributed by atoms with Gasteiger partial charge in [-0.15, -0.1) is 11.6 Å². The summed E-state index contributed by atoms with van der Waals surface area (Å²) in [5, 5.41) is 0.0873. The maximum atomic E-state index is 12.9. The van der Waals surface area contributed by atoms with Crippen LogP contribution in [0.1, 0.15) is 45.1 Å². The van der Waals surface area contributed by atoms with Gasteiger partial charge in [0.1, 0.15) is 0 Å². The lowest BCUT2D eigenvalue weighted by Gasteiger charge is -2.39. The lowest BCUT2D eigenvalue weighted by atomic mass is 9.82. The van der Waals surface area contributed by atoms with Crippen molar-refractivity contribution < 1.29 is 4.79 Å². The quantitative estimate of drug-likeness (QED) is 0.772. The van der Waals surface area contributed by atoms with E-state index in [1.54, 1.807) is 0 Å². The molecule has 1 aliphatic carbocycles. The highest BCUT2D eigenvalue weighted by Gasteiger charge is 2.37. The Kier molecular flexibility index (Phi) is 4.74. The van der Waals surface area contributed by atoms with Gasteiger partial charge in [-0.25, -0.2) is 0 Å². The van der Waals surface area contributed by atoms with Crippen molar-refractivity contribution in [1.82, 2.24) is 4.90 Å². The van der Waals surface area contributed by atoms with E-state index in [1.165, 1.54) is 6.42 Å². The predicted octanol–water partition coefficient (Wildman–Crippen LogP) is 3.97. The van der Waals surface area contributed by atoms with Crippen molar-refractivity contribution >= 4 is 17.5 Å². The number of nitrogens with zero attached hydrogens (tertiary/aromatic N) is 1. The molecule has 1 fully saturated rings. The van der Waals surface area contributed by atoms with E-state index in [0.717, 1.165) is 24.8 Å². The van der Waals surface area contributed by atoms with E-state index in [1.807, 2.05) is 56.1 Å². The number of hydrogen-bond donors (Lipinski definition) is 0. The molecule has 20 heavy (non-hydrogen) atoms. The molecule has 0 N–H and O–H groups in total. The molecule has 1 aliphatic rings. The highest BCUT2D eigenvalue weighted by Crippen LogP contribution is 2.31. The van der Waals surface area contributed by atoms with Crippen LogP contribution in [0.5, 0.6) is 0 Å². The molecular formula is C17H24ClNO. The third kappa shape index (κ3) is 3.01. The van der Waals surface area contributed by atoms with Gasteiger partial charge in [0.25, 0.3) is 0 Å². The van der Waals surface area contributed by atoms with Crippen LogP contribution >= 0.6 is 11.6 Å². The number of amides is 1. The molecule has 1 aromatic rings. The number of halogens is 1. The summed E-state index contributed by atoms with van der Waals surface area (Å²) in [6.07, 6.45) is 4.36. The molecule has 2 rings (SSSR count). The number of rotatable bonds is 3. The molecule has 0 radical (unpaired) electrons. The molecule has 0 saturated heterocycles. The molecule has 1 saturated carbocycles. The smallest absolute Gasteiger partial charge is 0.232 e. The fraction of sp³-hybridized carbons (Fsp3) is 0.588. The minimum atomic E-state index is -0.510. The van der Waals surface area contributed by atoms with Gasteiger partial charge in [-0.1, -0.05) is 43.2 Å². The number of alkyl halides is 1. The SMILES string of the molecule is CN(C(=O)C(C)(C)c1ccccc1)C1CCCCC1Cl. The Morgan fingerprint density at radius 3 is 2.40 bits per heavy atom. The molecule has 0 spiro atoms. The molecule has 110 valence electrons. The lowest BCUT2D eigenvalue weighted by molar-refractivity contribution is -0.137. The van der Waals surface area contributed by atoms with E-state index in [-0.39, 0.29) is 17.3 Å². The van der Waals surface area contributed by atoms with E-state index in [0.29, 0.717) is 0 Å². The molecule has 0 aliphatic heterocycles. The predicted molar refractivity (Wildman–Crippen MR) is 84.1 cm³/mol. The van der Waals surface area contributed by atoms with Crippen molar-refractivity contribution in [3.8, 4) is 0 Å². The lowest BCUT2D eigenvalue weighted by Crippen LogP contribution is -2.50. The largest absolute Gasteiger partial charge is 0.341 e. The molecule has 2 nitrogen and oxygen atoms in total. The molecular weight excluding hydrogens is 270 g/mol. The van der Waals surface area contributed by atoms with Crippen molar-refractivity contribution in [2.75, 3.05) is 7.05 Å². The summed E-state index contributed by atoms with van der Waals surface area (Å²) in [7, 11) is 1.90. The zero-order valence-electron chi connectivity index (χ0n) is 12.6. The van der Waals surface area contributed by atoms with Crippen molar-refractivity contribution in [3.63, 3.8) is 0 Å². The molecule has 2 atom stereocenters. The average molecular weight is 294 g/mol. The second-order valence-corrected chi connectivity index (χ2v) is 6.84. The first-order chi connectivity index (χ1) is 9.44. The van der Waals surface area contributed by atoms with Gasteiger partial charge in [0.15, 0.2) is 0 Å². The van der Waals surface area contributed by atoms with Gasteiger partial charge < -0.3 is 4.90 Å². The first-order valence-corrected chi connectivity index (χ1v) is 7.85. The van der Waals surface area contributed by atoms with E-state index >= 15 is 0 Å².